The molecule has 0 aliphatic heterocycles. The first-order valence-corrected chi connectivity index (χ1v) is 6.70. The molecule has 1 aromatic rings. The molecule has 92 valence electrons. The van der Waals surface area contributed by atoms with Crippen molar-refractivity contribution in [2.75, 3.05) is 6.54 Å². The Hall–Kier alpha value is -1.45. The van der Waals surface area contributed by atoms with Gasteiger partial charge in [-0.15, -0.1) is 0 Å². The number of benzene rings is 1. The lowest BCUT2D eigenvalue weighted by Gasteiger charge is -2.08. The molecule has 0 aliphatic rings. The van der Waals surface area contributed by atoms with Crippen LogP contribution < -0.4 is 4.72 Å². The van der Waals surface area contributed by atoms with Gasteiger partial charge in [-0.05, 0) is 13.0 Å². The molecule has 0 saturated carbocycles. The number of halogens is 1. The molecule has 1 atom stereocenters. The molecule has 1 N–H and O–H groups in total. The van der Waals surface area contributed by atoms with Crippen molar-refractivity contribution in [3.8, 4) is 6.07 Å². The van der Waals surface area contributed by atoms with Crippen LogP contribution in [0, 0.1) is 23.1 Å². The van der Waals surface area contributed by atoms with Gasteiger partial charge >= 0.3 is 0 Å². The molecule has 6 heteroatoms. The highest BCUT2D eigenvalue weighted by molar-refractivity contribution is 7.88. The summed E-state index contributed by atoms with van der Waals surface area (Å²) < 4.78 is 38.7. The molecule has 0 spiro atoms. The minimum atomic E-state index is -3.60. The lowest BCUT2D eigenvalue weighted by molar-refractivity contribution is 0.567. The fourth-order valence-corrected chi connectivity index (χ4v) is 2.42. The lowest BCUT2D eigenvalue weighted by Crippen LogP contribution is -2.29. The van der Waals surface area contributed by atoms with Crippen LogP contribution in [-0.4, -0.2) is 15.0 Å². The van der Waals surface area contributed by atoms with Crippen molar-refractivity contribution in [1.29, 1.82) is 5.26 Å². The molecule has 0 radical (unpaired) electrons. The number of rotatable bonds is 5. The second-order valence-corrected chi connectivity index (χ2v) is 5.54. The van der Waals surface area contributed by atoms with E-state index in [0.29, 0.717) is 0 Å². The SMILES string of the molecule is CC(C#N)CNS(=O)(=O)Cc1ccccc1F. The largest absolute Gasteiger partial charge is 0.215 e. The Morgan fingerprint density at radius 1 is 1.47 bits per heavy atom. The third-order valence-corrected chi connectivity index (χ3v) is 3.43. The van der Waals surface area contributed by atoms with Crippen LogP contribution in [0.5, 0.6) is 0 Å². The van der Waals surface area contributed by atoms with E-state index in [0.717, 1.165) is 0 Å². The average molecular weight is 256 g/mol. The molecule has 0 heterocycles. The van der Waals surface area contributed by atoms with E-state index >= 15 is 0 Å². The highest BCUT2D eigenvalue weighted by Crippen LogP contribution is 2.09. The molecule has 0 fully saturated rings. The van der Waals surface area contributed by atoms with Gasteiger partial charge in [0.25, 0.3) is 0 Å². The molecule has 0 amide bonds. The maximum absolute atomic E-state index is 13.2. The van der Waals surface area contributed by atoms with E-state index in [1.54, 1.807) is 13.0 Å². The van der Waals surface area contributed by atoms with Crippen molar-refractivity contribution in [3.63, 3.8) is 0 Å². The molecular formula is C11H13FN2O2S. The van der Waals surface area contributed by atoms with Crippen molar-refractivity contribution in [1.82, 2.24) is 4.72 Å². The normalized spacial score (nSPS) is 13.0. The third-order valence-electron chi connectivity index (χ3n) is 2.13. The Balaban J connectivity index is 2.68. The van der Waals surface area contributed by atoms with Gasteiger partial charge in [-0.25, -0.2) is 17.5 Å². The molecular weight excluding hydrogens is 243 g/mol. The zero-order chi connectivity index (χ0) is 12.9. The summed E-state index contributed by atoms with van der Waals surface area (Å²) in [6.45, 7) is 1.64. The zero-order valence-electron chi connectivity index (χ0n) is 9.35. The van der Waals surface area contributed by atoms with Crippen LogP contribution in [-0.2, 0) is 15.8 Å². The second-order valence-electron chi connectivity index (χ2n) is 3.73. The molecule has 17 heavy (non-hydrogen) atoms. The minimum absolute atomic E-state index is 0.0350. The summed E-state index contributed by atoms with van der Waals surface area (Å²) in [4.78, 5) is 0. The van der Waals surface area contributed by atoms with E-state index in [2.05, 4.69) is 4.72 Å². The summed E-state index contributed by atoms with van der Waals surface area (Å²) in [6, 6.07) is 7.61. The predicted octanol–water partition coefficient (Wildman–Crippen LogP) is 1.40. The topological polar surface area (TPSA) is 70.0 Å². The first-order valence-electron chi connectivity index (χ1n) is 5.05. The Kier molecular flexibility index (Phi) is 4.61. The molecule has 1 rings (SSSR count). The van der Waals surface area contributed by atoms with Crippen LogP contribution in [0.15, 0.2) is 24.3 Å². The number of nitrogens with zero attached hydrogens (tertiary/aromatic N) is 1. The van der Waals surface area contributed by atoms with Crippen LogP contribution in [0.1, 0.15) is 12.5 Å². The van der Waals surface area contributed by atoms with E-state index in [1.807, 2.05) is 6.07 Å². The van der Waals surface area contributed by atoms with Gasteiger partial charge in [0.15, 0.2) is 0 Å². The van der Waals surface area contributed by atoms with E-state index in [4.69, 9.17) is 5.26 Å². The van der Waals surface area contributed by atoms with Gasteiger partial charge < -0.3 is 0 Å². The van der Waals surface area contributed by atoms with Gasteiger partial charge in [0.05, 0.1) is 17.7 Å². The fourth-order valence-electron chi connectivity index (χ4n) is 1.17. The van der Waals surface area contributed by atoms with Crippen LogP contribution >= 0.6 is 0 Å². The number of hydrogen-bond acceptors (Lipinski definition) is 3. The van der Waals surface area contributed by atoms with E-state index in [1.165, 1.54) is 18.2 Å². The van der Waals surface area contributed by atoms with E-state index in [-0.39, 0.29) is 12.1 Å². The van der Waals surface area contributed by atoms with E-state index in [9.17, 15) is 12.8 Å². The van der Waals surface area contributed by atoms with Gasteiger partial charge in [0.1, 0.15) is 5.82 Å². The maximum atomic E-state index is 13.2. The van der Waals surface area contributed by atoms with Gasteiger partial charge in [0.2, 0.25) is 10.0 Å². The Morgan fingerprint density at radius 2 is 2.12 bits per heavy atom. The van der Waals surface area contributed by atoms with E-state index < -0.39 is 27.5 Å². The predicted molar refractivity (Wildman–Crippen MR) is 61.8 cm³/mol. The van der Waals surface area contributed by atoms with Crippen LogP contribution in [0.25, 0.3) is 0 Å². The number of hydrogen-bond donors (Lipinski definition) is 1. The summed E-state index contributed by atoms with van der Waals surface area (Å²) in [5.74, 6) is -1.38. The average Bonchev–Trinajstić information content (AvgIpc) is 2.29. The molecule has 0 aliphatic carbocycles. The minimum Gasteiger partial charge on any atom is -0.214 e. The van der Waals surface area contributed by atoms with Crippen molar-refractivity contribution in [3.05, 3.63) is 35.6 Å². The Bertz CT molecular complexity index is 523. The van der Waals surface area contributed by atoms with Crippen LogP contribution in [0.3, 0.4) is 0 Å². The second kappa shape index (κ2) is 5.75. The zero-order valence-corrected chi connectivity index (χ0v) is 10.2. The first kappa shape index (κ1) is 13.6. The summed E-state index contributed by atoms with van der Waals surface area (Å²) in [7, 11) is -3.60. The number of nitrogens with one attached hydrogen (secondary N) is 1. The summed E-state index contributed by atoms with van der Waals surface area (Å²) in [5, 5.41) is 8.52. The number of sulfonamides is 1. The van der Waals surface area contributed by atoms with Crippen molar-refractivity contribution in [2.24, 2.45) is 5.92 Å². The Labute approximate surface area is 100 Å². The van der Waals surface area contributed by atoms with Crippen molar-refractivity contribution >= 4 is 10.0 Å². The molecule has 0 bridgehead atoms. The highest BCUT2D eigenvalue weighted by atomic mass is 32.2. The molecule has 1 unspecified atom stereocenters. The standard InChI is InChI=1S/C11H13FN2O2S/c1-9(6-13)7-14-17(15,16)8-10-4-2-3-5-11(10)12/h2-5,9,14H,7-8H2,1H3. The van der Waals surface area contributed by atoms with Gasteiger partial charge in [-0.1, -0.05) is 18.2 Å². The third kappa shape index (κ3) is 4.51. The summed E-state index contributed by atoms with van der Waals surface area (Å²) in [6.07, 6.45) is 0. The van der Waals surface area contributed by atoms with Crippen molar-refractivity contribution < 1.29 is 12.8 Å². The number of nitriles is 1. The molecule has 0 aromatic heterocycles. The highest BCUT2D eigenvalue weighted by Gasteiger charge is 2.14. The quantitative estimate of drug-likeness (QED) is 0.865. The lowest BCUT2D eigenvalue weighted by atomic mass is 10.2. The summed E-state index contributed by atoms with van der Waals surface area (Å²) in [5.41, 5.74) is 0.115. The fraction of sp³-hybridized carbons (Fsp3) is 0.364. The van der Waals surface area contributed by atoms with Crippen molar-refractivity contribution in [2.45, 2.75) is 12.7 Å². The smallest absolute Gasteiger partial charge is 0.214 e. The molecule has 0 saturated heterocycles. The maximum Gasteiger partial charge on any atom is 0.215 e. The van der Waals surface area contributed by atoms with Gasteiger partial charge in [-0.3, -0.25) is 0 Å². The van der Waals surface area contributed by atoms with Crippen LogP contribution in [0.2, 0.25) is 0 Å². The van der Waals surface area contributed by atoms with Crippen LogP contribution in [0.4, 0.5) is 4.39 Å². The monoisotopic (exact) mass is 256 g/mol. The molecule has 1 aromatic carbocycles. The molecule has 4 nitrogen and oxygen atoms in total. The Morgan fingerprint density at radius 3 is 2.71 bits per heavy atom. The van der Waals surface area contributed by atoms with Gasteiger partial charge in [-0.2, -0.15) is 5.26 Å². The first-order chi connectivity index (χ1) is 7.94. The summed E-state index contributed by atoms with van der Waals surface area (Å²) >= 11 is 0. The van der Waals surface area contributed by atoms with Gasteiger partial charge in [0, 0.05) is 12.1 Å².